The lowest BCUT2D eigenvalue weighted by Gasteiger charge is -2.15. The molecule has 0 aliphatic rings. The minimum Gasteiger partial charge on any atom is -0.354 e. The molecule has 23 aromatic carbocycles. The molecule has 134 heavy (non-hydrogen) atoms. The average molecular weight is 1700 g/mol. The molecule has 0 aliphatic heterocycles. The van der Waals surface area contributed by atoms with E-state index in [0.29, 0.717) is 0 Å². The van der Waals surface area contributed by atoms with Gasteiger partial charge in [0.25, 0.3) is 0 Å². The van der Waals surface area contributed by atoms with E-state index in [1.54, 1.807) is 0 Å². The molecule has 0 unspecified atom stereocenters. The van der Waals surface area contributed by atoms with E-state index in [1.807, 2.05) is 0 Å². The fraction of sp³-hybridized carbons (Fsp3) is 0. The van der Waals surface area contributed by atoms with E-state index in [1.165, 1.54) is 269 Å². The van der Waals surface area contributed by atoms with Crippen molar-refractivity contribution >= 4 is 185 Å². The molecule has 0 radical (unpaired) electrons. The van der Waals surface area contributed by atoms with Gasteiger partial charge in [0, 0.05) is 115 Å². The van der Waals surface area contributed by atoms with E-state index in [9.17, 15) is 0 Å². The van der Waals surface area contributed by atoms with Crippen LogP contribution in [-0.4, -0.2) is 28.7 Å². The smallest absolute Gasteiger partial charge is 0.0541 e. The van der Waals surface area contributed by atoms with Crippen LogP contribution in [0.15, 0.2) is 479 Å². The third kappa shape index (κ3) is 12.3. The maximum Gasteiger partial charge on any atom is 0.0541 e. The Labute approximate surface area is 771 Å². The highest BCUT2D eigenvalue weighted by molar-refractivity contribution is 6.28. The lowest BCUT2D eigenvalue weighted by Crippen LogP contribution is -1.93. The molecule has 29 rings (SSSR count). The molecule has 0 fully saturated rings. The molecule has 6 nitrogen and oxygen atoms in total. The summed E-state index contributed by atoms with van der Waals surface area (Å²) in [4.78, 5) is 11.1. The number of hydrogen-bond donors (Lipinski definition) is 3. The van der Waals surface area contributed by atoms with Crippen LogP contribution in [0.3, 0.4) is 0 Å². The van der Waals surface area contributed by atoms with Crippen molar-refractivity contribution in [2.45, 2.75) is 0 Å². The maximum atomic E-state index is 3.71. The SMILES string of the molecule is c1ccc(-n2c3ccccc3c3cc(-c4ccc(-c5cc6[nH]c7ccccc7c6c6ccccc56)c5ccccc45)ccc32)cc1.c1ccc(-n2c3ccccc3c3cc(-c4ccc5cc(-c6cc7[nH]c8ccccc8c7c7ccccc67)ccc5c4)ccc32)cc1.c1ccc(-n2c3ccccc3c3cc(-c4cccc(-c5cc6[nH]c7ccccc7c6c6ccccc56)c4)ccc32)cc1. The van der Waals surface area contributed by atoms with Gasteiger partial charge in [0.1, 0.15) is 0 Å². The molecule has 6 aromatic heterocycles. The summed E-state index contributed by atoms with van der Waals surface area (Å²) < 4.78 is 7.11. The van der Waals surface area contributed by atoms with E-state index in [0.717, 1.165) is 0 Å². The minimum atomic E-state index is 1.17. The number of fused-ring (bicyclic) bond motifs is 26. The van der Waals surface area contributed by atoms with Gasteiger partial charge in [0.15, 0.2) is 0 Å². The Balaban J connectivity index is 0.000000102. The molecule has 6 heterocycles. The average Bonchev–Trinajstić information content (AvgIpc) is 1.48. The zero-order valence-corrected chi connectivity index (χ0v) is 73.0. The molecule has 3 N–H and O–H groups in total. The predicted octanol–water partition coefficient (Wildman–Crippen LogP) is 35.0. The number of hydrogen-bond acceptors (Lipinski definition) is 0. The third-order valence-electron chi connectivity index (χ3n) is 28.1. The molecule has 0 spiro atoms. The number of rotatable bonds is 9. The van der Waals surface area contributed by atoms with E-state index in [-0.39, 0.29) is 0 Å². The highest BCUT2D eigenvalue weighted by atomic mass is 15.0. The lowest BCUT2D eigenvalue weighted by atomic mass is 9.89. The summed E-state index contributed by atoms with van der Waals surface area (Å²) >= 11 is 0. The van der Waals surface area contributed by atoms with Crippen molar-refractivity contribution in [2.24, 2.45) is 0 Å². The second-order valence-corrected chi connectivity index (χ2v) is 35.5. The summed E-state index contributed by atoms with van der Waals surface area (Å²) in [6, 6.07) is 174. The summed E-state index contributed by atoms with van der Waals surface area (Å²) in [5.41, 5.74) is 32.7. The fourth-order valence-corrected chi connectivity index (χ4v) is 22.1. The Morgan fingerprint density at radius 2 is 0.388 bits per heavy atom. The van der Waals surface area contributed by atoms with Crippen LogP contribution in [0.25, 0.3) is 269 Å². The first-order chi connectivity index (χ1) is 66.5. The predicted molar refractivity (Wildman–Crippen MR) is 571 cm³/mol. The maximum absolute atomic E-state index is 3.71. The van der Waals surface area contributed by atoms with E-state index < -0.39 is 0 Å². The number of nitrogens with one attached hydrogen (secondary N) is 3. The van der Waals surface area contributed by atoms with Gasteiger partial charge in [-0.25, -0.2) is 0 Å². The highest BCUT2D eigenvalue weighted by Crippen LogP contribution is 2.48. The fourth-order valence-electron chi connectivity index (χ4n) is 22.1. The van der Waals surface area contributed by atoms with Gasteiger partial charge in [0.2, 0.25) is 0 Å². The number of aromatic nitrogens is 6. The molecule has 6 heteroatoms. The van der Waals surface area contributed by atoms with Gasteiger partial charge in [-0.2, -0.15) is 0 Å². The number of aromatic amines is 3. The van der Waals surface area contributed by atoms with Crippen LogP contribution in [0.4, 0.5) is 0 Å². The van der Waals surface area contributed by atoms with Crippen LogP contribution < -0.4 is 0 Å². The molecule has 0 amide bonds. The van der Waals surface area contributed by atoms with Crippen LogP contribution in [-0.2, 0) is 0 Å². The Bertz CT molecular complexity index is 9840. The van der Waals surface area contributed by atoms with Crippen molar-refractivity contribution in [3.05, 3.63) is 479 Å². The van der Waals surface area contributed by atoms with Gasteiger partial charge in [-0.3, -0.25) is 0 Å². The zero-order valence-electron chi connectivity index (χ0n) is 73.0. The molecule has 0 saturated heterocycles. The van der Waals surface area contributed by atoms with Crippen LogP contribution in [0.2, 0.25) is 0 Å². The molecule has 29 aromatic rings. The highest BCUT2D eigenvalue weighted by Gasteiger charge is 2.23. The topological polar surface area (TPSA) is 62.2 Å². The van der Waals surface area contributed by atoms with E-state index in [4.69, 9.17) is 0 Å². The van der Waals surface area contributed by atoms with Gasteiger partial charge in [-0.05, 0) is 266 Å². The van der Waals surface area contributed by atoms with Gasteiger partial charge in [-0.1, -0.05) is 334 Å². The first-order valence-electron chi connectivity index (χ1n) is 46.2. The molecular formula is C128H82N6. The Morgan fingerprint density at radius 3 is 0.813 bits per heavy atom. The minimum absolute atomic E-state index is 1.17. The number of H-pyrrole nitrogens is 3. The van der Waals surface area contributed by atoms with E-state index in [2.05, 4.69) is 508 Å². The second kappa shape index (κ2) is 31.0. The van der Waals surface area contributed by atoms with Crippen molar-refractivity contribution < 1.29 is 0 Å². The number of benzene rings is 23. The Kier molecular flexibility index (Phi) is 17.6. The van der Waals surface area contributed by atoms with E-state index >= 15 is 0 Å². The first-order valence-corrected chi connectivity index (χ1v) is 46.2. The van der Waals surface area contributed by atoms with Crippen LogP contribution in [0, 0.1) is 0 Å². The standard InChI is InChI=1S/2C44H28N2.C40H26N2/c1-2-10-33(11-3-1)46-42-17-9-7-13-35(42)39-26-31(22-23-43(39)46)29-18-19-30-25-32(21-20-28(30)24-29)38-27-41-44(36-14-5-4-12-34(36)38)37-15-6-8-16-40(37)45-41;1-2-12-29(13-3-1)46-42-21-11-9-17-35(42)39-26-28(22-25-43(39)46)30-23-24-34(32-15-5-4-14-31(30)32)38-27-41-44(36-18-7-6-16-33(36)38)37-19-8-10-20-40(37)45-41;1-2-13-29(14-3-1)42-38-20-9-7-16-31(38)35-24-27(21-22-39(35)42)26-11-10-12-28(23-26)34-25-37-40(32-17-5-4-15-30(32)34)33-18-6-8-19-36(33)41-37/h2*1-27,45H;1-25,41H. The Morgan fingerprint density at radius 1 is 0.127 bits per heavy atom. The van der Waals surface area contributed by atoms with Gasteiger partial charge >= 0.3 is 0 Å². The van der Waals surface area contributed by atoms with Gasteiger partial charge in [-0.15, -0.1) is 0 Å². The van der Waals surface area contributed by atoms with Crippen molar-refractivity contribution in [3.8, 4) is 83.8 Å². The second-order valence-electron chi connectivity index (χ2n) is 35.5. The van der Waals surface area contributed by atoms with Crippen molar-refractivity contribution in [1.29, 1.82) is 0 Å². The summed E-state index contributed by atoms with van der Waals surface area (Å²) in [5, 5.41) is 28.0. The molecule has 0 atom stereocenters. The quantitative estimate of drug-likeness (QED) is 0.129. The monoisotopic (exact) mass is 1700 g/mol. The van der Waals surface area contributed by atoms with Crippen molar-refractivity contribution in [2.75, 3.05) is 0 Å². The Hall–Kier alpha value is -17.8. The summed E-state index contributed by atoms with van der Waals surface area (Å²) in [6.45, 7) is 0. The van der Waals surface area contributed by atoms with Crippen molar-refractivity contribution in [3.63, 3.8) is 0 Å². The van der Waals surface area contributed by atoms with Crippen LogP contribution in [0.1, 0.15) is 0 Å². The summed E-state index contributed by atoms with van der Waals surface area (Å²) in [5.74, 6) is 0. The van der Waals surface area contributed by atoms with Gasteiger partial charge < -0.3 is 28.7 Å². The molecule has 624 valence electrons. The molecule has 0 aliphatic carbocycles. The van der Waals surface area contributed by atoms with Gasteiger partial charge in [0.05, 0.1) is 33.1 Å². The zero-order chi connectivity index (χ0) is 88.0. The lowest BCUT2D eigenvalue weighted by molar-refractivity contribution is 1.18. The number of para-hydroxylation sites is 9. The summed E-state index contributed by atoms with van der Waals surface area (Å²) in [7, 11) is 0. The molecule has 0 saturated carbocycles. The molecule has 0 bridgehead atoms. The third-order valence-corrected chi connectivity index (χ3v) is 28.1. The first kappa shape index (κ1) is 76.2. The largest absolute Gasteiger partial charge is 0.354 e. The molecular weight excluding hydrogens is 1620 g/mol. The van der Waals surface area contributed by atoms with Crippen molar-refractivity contribution in [1.82, 2.24) is 28.7 Å². The number of nitrogens with zero attached hydrogens (tertiary/aromatic N) is 3. The normalized spacial score (nSPS) is 11.9. The summed E-state index contributed by atoms with van der Waals surface area (Å²) in [6.07, 6.45) is 0. The van der Waals surface area contributed by atoms with Crippen LogP contribution >= 0.6 is 0 Å². The van der Waals surface area contributed by atoms with Crippen LogP contribution in [0.5, 0.6) is 0 Å².